The maximum Gasteiger partial charge on any atom is 0.306 e. The molecule has 0 heterocycles. The van der Waals surface area contributed by atoms with Gasteiger partial charge in [-0.05, 0) is 27.2 Å². The van der Waals surface area contributed by atoms with Gasteiger partial charge in [0.25, 0.3) is 0 Å². The van der Waals surface area contributed by atoms with Crippen LogP contribution in [0.5, 0.6) is 0 Å². The van der Waals surface area contributed by atoms with Crippen LogP contribution in [0.25, 0.3) is 0 Å². The van der Waals surface area contributed by atoms with Crippen LogP contribution < -0.4 is 11.1 Å². The molecule has 0 spiro atoms. The second kappa shape index (κ2) is 8.05. The number of carbonyl (C=O) groups is 2. The molecule has 0 aromatic heterocycles. The molecule has 6 nitrogen and oxygen atoms in total. The van der Waals surface area contributed by atoms with Crippen molar-refractivity contribution < 1.29 is 19.1 Å². The summed E-state index contributed by atoms with van der Waals surface area (Å²) in [6, 6.07) is -0.700. The summed E-state index contributed by atoms with van der Waals surface area (Å²) in [6.45, 7) is 6.23. The summed E-state index contributed by atoms with van der Waals surface area (Å²) >= 11 is 0. The van der Waals surface area contributed by atoms with Gasteiger partial charge >= 0.3 is 5.97 Å². The van der Waals surface area contributed by atoms with Crippen LogP contribution in [0.15, 0.2) is 0 Å². The fraction of sp³-hybridized carbons (Fsp3) is 0.833. The number of carbonyl (C=O) groups excluding carboxylic acids is 2. The lowest BCUT2D eigenvalue weighted by Crippen LogP contribution is -2.42. The Labute approximate surface area is 108 Å². The fourth-order valence-electron chi connectivity index (χ4n) is 1.20. The Bertz CT molecular complexity index is 274. The first-order valence-corrected chi connectivity index (χ1v) is 6.00. The first-order valence-electron chi connectivity index (χ1n) is 6.00. The van der Waals surface area contributed by atoms with Crippen LogP contribution in [-0.2, 0) is 19.1 Å². The maximum absolute atomic E-state index is 11.5. The molecule has 0 aliphatic rings. The normalized spacial score (nSPS) is 12.9. The van der Waals surface area contributed by atoms with Crippen molar-refractivity contribution >= 4 is 11.9 Å². The molecule has 1 amide bonds. The molecule has 1 atom stereocenters. The number of nitrogens with two attached hydrogens (primary N) is 1. The topological polar surface area (TPSA) is 90.6 Å². The summed E-state index contributed by atoms with van der Waals surface area (Å²) in [5, 5.41) is 2.61. The number of hydrogen-bond acceptors (Lipinski definition) is 5. The van der Waals surface area contributed by atoms with E-state index in [9.17, 15) is 9.59 Å². The van der Waals surface area contributed by atoms with Crippen LogP contribution in [0.4, 0.5) is 0 Å². The third-order valence-electron chi connectivity index (χ3n) is 2.02. The van der Waals surface area contributed by atoms with E-state index in [0.29, 0.717) is 13.2 Å². The molecule has 0 saturated heterocycles. The van der Waals surface area contributed by atoms with Gasteiger partial charge < -0.3 is 20.5 Å². The molecule has 0 aromatic carbocycles. The molecule has 0 aliphatic heterocycles. The summed E-state index contributed by atoms with van der Waals surface area (Å²) in [5.74, 6) is -0.627. The summed E-state index contributed by atoms with van der Waals surface area (Å²) in [7, 11) is 1.55. The van der Waals surface area contributed by atoms with Gasteiger partial charge in [0.1, 0.15) is 5.60 Å². The van der Waals surface area contributed by atoms with E-state index in [4.69, 9.17) is 15.2 Å². The predicted octanol–water partition coefficient (Wildman–Crippen LogP) is 0.198. The third-order valence-corrected chi connectivity index (χ3v) is 2.02. The Hall–Kier alpha value is -1.14. The van der Waals surface area contributed by atoms with E-state index in [1.165, 1.54) is 0 Å². The molecule has 6 heteroatoms. The molecule has 18 heavy (non-hydrogen) atoms. The Morgan fingerprint density at radius 3 is 2.44 bits per heavy atom. The predicted molar refractivity (Wildman–Crippen MR) is 67.9 cm³/mol. The van der Waals surface area contributed by atoms with Crippen molar-refractivity contribution in [2.45, 2.75) is 45.3 Å². The van der Waals surface area contributed by atoms with Crippen LogP contribution >= 0.6 is 0 Å². The highest BCUT2D eigenvalue weighted by atomic mass is 16.6. The highest BCUT2D eigenvalue weighted by Crippen LogP contribution is 2.09. The van der Waals surface area contributed by atoms with Gasteiger partial charge in [0, 0.05) is 20.1 Å². The van der Waals surface area contributed by atoms with E-state index in [2.05, 4.69) is 5.32 Å². The van der Waals surface area contributed by atoms with Gasteiger partial charge in [0.2, 0.25) is 5.91 Å². The van der Waals surface area contributed by atoms with Crippen molar-refractivity contribution in [3.05, 3.63) is 0 Å². The van der Waals surface area contributed by atoms with Crippen LogP contribution in [-0.4, -0.2) is 43.8 Å². The molecule has 0 aromatic rings. The van der Waals surface area contributed by atoms with E-state index in [0.717, 1.165) is 0 Å². The van der Waals surface area contributed by atoms with Crippen LogP contribution in [0.1, 0.15) is 33.6 Å². The minimum absolute atomic E-state index is 0.135. The number of nitrogens with one attached hydrogen (secondary N) is 1. The zero-order valence-corrected chi connectivity index (χ0v) is 11.6. The highest BCUT2D eigenvalue weighted by molar-refractivity contribution is 5.82. The van der Waals surface area contributed by atoms with Crippen molar-refractivity contribution in [3.8, 4) is 0 Å². The van der Waals surface area contributed by atoms with Crippen molar-refractivity contribution in [1.82, 2.24) is 5.32 Å². The number of rotatable bonds is 7. The molecular weight excluding hydrogens is 236 g/mol. The lowest BCUT2D eigenvalue weighted by molar-refractivity contribution is -0.155. The molecule has 0 aliphatic carbocycles. The van der Waals surface area contributed by atoms with Gasteiger partial charge in [0.05, 0.1) is 12.6 Å². The SMILES string of the molecule is COCCNC(=O)[C@@H](N)CCC(=O)OC(C)(C)C. The van der Waals surface area contributed by atoms with E-state index in [1.807, 2.05) is 0 Å². The number of ether oxygens (including phenoxy) is 2. The first-order chi connectivity index (χ1) is 8.26. The Kier molecular flexibility index (Phi) is 7.54. The second-order valence-corrected chi connectivity index (χ2v) is 5.02. The standard InChI is InChI=1S/C12H24N2O4/c1-12(2,3)18-10(15)6-5-9(13)11(16)14-7-8-17-4/h9H,5-8,13H2,1-4H3,(H,14,16)/t9-/m0/s1. The van der Waals surface area contributed by atoms with Gasteiger partial charge in [-0.25, -0.2) is 0 Å². The van der Waals surface area contributed by atoms with Crippen molar-refractivity contribution in [1.29, 1.82) is 0 Å². The zero-order valence-electron chi connectivity index (χ0n) is 11.6. The summed E-state index contributed by atoms with van der Waals surface area (Å²) < 4.78 is 9.92. The average molecular weight is 260 g/mol. The second-order valence-electron chi connectivity index (χ2n) is 5.02. The zero-order chi connectivity index (χ0) is 14.2. The maximum atomic E-state index is 11.5. The molecule has 0 unspecified atom stereocenters. The summed E-state index contributed by atoms with van der Waals surface area (Å²) in [6.07, 6.45) is 0.407. The van der Waals surface area contributed by atoms with Gasteiger partial charge in [-0.2, -0.15) is 0 Å². The first kappa shape index (κ1) is 16.9. The largest absolute Gasteiger partial charge is 0.460 e. The monoisotopic (exact) mass is 260 g/mol. The van der Waals surface area contributed by atoms with Crippen molar-refractivity contribution in [2.75, 3.05) is 20.3 Å². The molecule has 0 bridgehead atoms. The van der Waals surface area contributed by atoms with E-state index in [-0.39, 0.29) is 24.7 Å². The Balaban J connectivity index is 3.84. The quantitative estimate of drug-likeness (QED) is 0.504. The smallest absolute Gasteiger partial charge is 0.306 e. The van der Waals surface area contributed by atoms with Gasteiger partial charge in [0.15, 0.2) is 0 Å². The lowest BCUT2D eigenvalue weighted by Gasteiger charge is -2.20. The summed E-state index contributed by atoms with van der Waals surface area (Å²) in [4.78, 5) is 22.9. The van der Waals surface area contributed by atoms with Crippen LogP contribution in [0, 0.1) is 0 Å². The Morgan fingerprint density at radius 1 is 1.33 bits per heavy atom. The minimum Gasteiger partial charge on any atom is -0.460 e. The number of methoxy groups -OCH3 is 1. The third kappa shape index (κ3) is 8.95. The molecular formula is C12H24N2O4. The van der Waals surface area contributed by atoms with Crippen LogP contribution in [0.2, 0.25) is 0 Å². The number of amides is 1. The number of hydrogen-bond donors (Lipinski definition) is 2. The minimum atomic E-state index is -0.700. The van der Waals surface area contributed by atoms with Crippen molar-refractivity contribution in [3.63, 3.8) is 0 Å². The molecule has 106 valence electrons. The molecule has 3 N–H and O–H groups in total. The molecule has 0 fully saturated rings. The van der Waals surface area contributed by atoms with Crippen LogP contribution in [0.3, 0.4) is 0 Å². The molecule has 0 saturated carbocycles. The highest BCUT2D eigenvalue weighted by Gasteiger charge is 2.19. The van der Waals surface area contributed by atoms with Gasteiger partial charge in [-0.3, -0.25) is 9.59 Å². The van der Waals surface area contributed by atoms with E-state index < -0.39 is 11.6 Å². The van der Waals surface area contributed by atoms with Gasteiger partial charge in [-0.1, -0.05) is 0 Å². The van der Waals surface area contributed by atoms with Crippen molar-refractivity contribution in [2.24, 2.45) is 5.73 Å². The lowest BCUT2D eigenvalue weighted by atomic mass is 10.1. The molecule has 0 radical (unpaired) electrons. The molecule has 0 rings (SSSR count). The number of esters is 1. The van der Waals surface area contributed by atoms with E-state index >= 15 is 0 Å². The average Bonchev–Trinajstić information content (AvgIpc) is 2.23. The Morgan fingerprint density at radius 2 is 1.94 bits per heavy atom. The van der Waals surface area contributed by atoms with Gasteiger partial charge in [-0.15, -0.1) is 0 Å². The fourth-order valence-corrected chi connectivity index (χ4v) is 1.20. The summed E-state index contributed by atoms with van der Waals surface area (Å²) in [5.41, 5.74) is 5.14. The van der Waals surface area contributed by atoms with E-state index in [1.54, 1.807) is 27.9 Å².